The molecule has 0 bridgehead atoms. The Morgan fingerprint density at radius 2 is 1.28 bits per heavy atom. The number of aliphatic hydroxyl groups excluding tert-OH is 10. The molecular formula is C60H102O22. The fraction of sp³-hybridized carbons (Fsp3) is 0.967. The highest BCUT2D eigenvalue weighted by molar-refractivity contribution is 5.30. The number of ether oxygens (including phenoxy) is 9. The van der Waals surface area contributed by atoms with E-state index in [1.807, 2.05) is 0 Å². The molecule has 0 aromatic carbocycles. The second-order valence-electron chi connectivity index (χ2n) is 28.0. The van der Waals surface area contributed by atoms with E-state index in [4.69, 9.17) is 52.4 Å². The number of fused-ring (bicyclic) bond motifs is 5. The third kappa shape index (κ3) is 13.5. The molecule has 0 spiro atoms. The lowest BCUT2D eigenvalue weighted by Gasteiger charge is -2.66. The Morgan fingerprint density at radius 1 is 0.622 bits per heavy atom. The van der Waals surface area contributed by atoms with Crippen molar-refractivity contribution in [3.63, 3.8) is 0 Å². The summed E-state index contributed by atoms with van der Waals surface area (Å²) in [6, 6.07) is 0. The molecule has 0 aromatic heterocycles. The molecule has 82 heavy (non-hydrogen) atoms. The molecule has 5 aliphatic heterocycles. The van der Waals surface area contributed by atoms with Crippen LogP contribution in [0.1, 0.15) is 152 Å². The maximum Gasteiger partial charge on any atom is 0.186 e. The van der Waals surface area contributed by atoms with Crippen LogP contribution in [0.25, 0.3) is 0 Å². The van der Waals surface area contributed by atoms with Gasteiger partial charge in [0.25, 0.3) is 0 Å². The van der Waals surface area contributed by atoms with E-state index >= 15 is 0 Å². The Hall–Kier alpha value is -1.14. The summed E-state index contributed by atoms with van der Waals surface area (Å²) in [5, 5.41) is 118. The first-order valence-corrected chi connectivity index (χ1v) is 30.9. The summed E-state index contributed by atoms with van der Waals surface area (Å²) >= 11 is 0. The zero-order chi connectivity index (χ0) is 59.3. The second-order valence-corrected chi connectivity index (χ2v) is 28.0. The average Bonchev–Trinajstić information content (AvgIpc) is 1.43. The van der Waals surface area contributed by atoms with Gasteiger partial charge in [0.15, 0.2) is 25.2 Å². The van der Waals surface area contributed by atoms with E-state index in [2.05, 4.69) is 47.6 Å². The third-order valence-electron chi connectivity index (χ3n) is 21.9. The van der Waals surface area contributed by atoms with Crippen molar-refractivity contribution in [2.75, 3.05) is 39.6 Å². The van der Waals surface area contributed by atoms with Gasteiger partial charge in [-0.3, -0.25) is 0 Å². The van der Waals surface area contributed by atoms with Crippen molar-refractivity contribution in [3.05, 3.63) is 11.6 Å². The summed E-state index contributed by atoms with van der Waals surface area (Å²) in [6.45, 7) is 17.0. The predicted molar refractivity (Wildman–Crippen MR) is 290 cm³/mol. The molecule has 11 N–H and O–H groups in total. The van der Waals surface area contributed by atoms with Crippen molar-refractivity contribution >= 4 is 0 Å². The topological polar surface area (TPSA) is 324 Å². The molecule has 4 aliphatic carbocycles. The van der Waals surface area contributed by atoms with Crippen LogP contribution >= 0.6 is 0 Å². The van der Waals surface area contributed by atoms with Crippen molar-refractivity contribution in [3.8, 4) is 0 Å². The van der Waals surface area contributed by atoms with E-state index in [0.29, 0.717) is 50.0 Å². The SMILES string of the molecule is C[C@H](CCC(O[C@@H]1O[C@H](CO[C@H]2O[C@H](CO)[C@@H](O)C[C@H]2O)[C@@H](O)C[C@H]1O[C@H]1OC(COOCC2C[C@H](O)CCO2)C[C@@H](O)[C@@H]1O)C(C)(C)O)C1CC[C@@]2(C)C3CC=C4C(CC[C@H](O[C@@H]5O[C@H](CO)C[C@H](O)[C@H]5O)C4(C)C)[C@]3(C)CC[C@]12C. The monoisotopic (exact) mass is 1170 g/mol. The van der Waals surface area contributed by atoms with Crippen LogP contribution in [0.2, 0.25) is 0 Å². The summed E-state index contributed by atoms with van der Waals surface area (Å²) in [5.74, 6) is 1.41. The fourth-order valence-corrected chi connectivity index (χ4v) is 16.7. The lowest BCUT2D eigenvalue weighted by Crippen LogP contribution is -2.60. The number of aliphatic hydroxyl groups is 11. The highest BCUT2D eigenvalue weighted by Gasteiger charge is 2.68. The van der Waals surface area contributed by atoms with E-state index in [9.17, 15) is 56.2 Å². The zero-order valence-corrected chi connectivity index (χ0v) is 49.7. The van der Waals surface area contributed by atoms with Gasteiger partial charge in [0.1, 0.15) is 49.8 Å². The first-order valence-electron chi connectivity index (χ1n) is 30.9. The van der Waals surface area contributed by atoms with Crippen molar-refractivity contribution in [2.24, 2.45) is 45.3 Å². The molecule has 8 fully saturated rings. The van der Waals surface area contributed by atoms with Crippen LogP contribution in [-0.2, 0) is 52.4 Å². The average molecular weight is 1180 g/mol. The Balaban J connectivity index is 0.869. The Labute approximate surface area is 483 Å². The Bertz CT molecular complexity index is 2080. The molecule has 9 aliphatic rings. The summed E-state index contributed by atoms with van der Waals surface area (Å²) in [5.41, 5.74) is -0.239. The standard InChI is InChI=1S/C60H102O22/c1-31(36-15-17-60(8)47-12-10-37-38(58(47,6)18-19-59(36,60)7)11-14-48(56(37,2)3)81-55-51(70)41(66)22-33(26-61)76-55)9-13-49(57(4,5)71)82-53-44(25-40(65)46(80-53)30-73-52-43(68)24-39(64)45(27-62)79-52)78-54-50(69)42(67)23-35(77-54)29-75-74-28-34-21-32(63)16-20-72-34/h10,31-36,38-55,61-71H,9,11-30H2,1-8H3/t31-,32-,33+,34?,35?,36?,38?,39+,40+,41+,42-,43-,44-,45-,46-,47?,48+,49?,50+,51-,52+,53+,54-,55+,58+,59-,60+/m1/s1. The van der Waals surface area contributed by atoms with Crippen molar-refractivity contribution in [2.45, 2.75) is 280 Å². The van der Waals surface area contributed by atoms with Crippen LogP contribution in [0.4, 0.5) is 0 Å². The first kappa shape index (κ1) is 65.3. The smallest absolute Gasteiger partial charge is 0.186 e. The van der Waals surface area contributed by atoms with Gasteiger partial charge in [-0.15, -0.1) is 0 Å². The van der Waals surface area contributed by atoms with Crippen LogP contribution in [0.3, 0.4) is 0 Å². The summed E-state index contributed by atoms with van der Waals surface area (Å²) in [7, 11) is 0. The normalized spacial score (nSPS) is 47.9. The van der Waals surface area contributed by atoms with Gasteiger partial charge in [-0.2, -0.15) is 0 Å². The summed E-state index contributed by atoms with van der Waals surface area (Å²) < 4.78 is 55.6. The molecule has 5 heterocycles. The lowest BCUT2D eigenvalue weighted by molar-refractivity contribution is -0.368. The minimum Gasteiger partial charge on any atom is -0.394 e. The zero-order valence-electron chi connectivity index (χ0n) is 49.7. The van der Waals surface area contributed by atoms with Gasteiger partial charge >= 0.3 is 0 Å². The molecule has 0 radical (unpaired) electrons. The van der Waals surface area contributed by atoms with Gasteiger partial charge in [0.2, 0.25) is 0 Å². The van der Waals surface area contributed by atoms with Crippen LogP contribution < -0.4 is 0 Å². The first-order chi connectivity index (χ1) is 38.7. The Kier molecular flexibility index (Phi) is 21.1. The van der Waals surface area contributed by atoms with Crippen molar-refractivity contribution < 1.29 is 109 Å². The van der Waals surface area contributed by atoms with E-state index in [1.54, 1.807) is 13.8 Å². The summed E-state index contributed by atoms with van der Waals surface area (Å²) in [4.78, 5) is 10.8. The maximum atomic E-state index is 11.9. The lowest BCUT2D eigenvalue weighted by atomic mass is 9.39. The van der Waals surface area contributed by atoms with Gasteiger partial charge in [-0.25, -0.2) is 9.78 Å². The van der Waals surface area contributed by atoms with Gasteiger partial charge in [-0.1, -0.05) is 53.2 Å². The predicted octanol–water partition coefficient (Wildman–Crippen LogP) is 2.41. The van der Waals surface area contributed by atoms with Gasteiger partial charge < -0.3 is 98.8 Å². The molecule has 5 saturated heterocycles. The van der Waals surface area contributed by atoms with Crippen LogP contribution in [0.15, 0.2) is 11.6 Å². The summed E-state index contributed by atoms with van der Waals surface area (Å²) in [6.07, 6.45) is -8.69. The molecule has 0 amide bonds. The molecule has 22 heteroatoms. The minimum absolute atomic E-state index is 0.00788. The molecule has 0 aromatic rings. The number of hydrogen-bond donors (Lipinski definition) is 11. The molecule has 6 unspecified atom stereocenters. The third-order valence-corrected chi connectivity index (χ3v) is 21.9. The van der Waals surface area contributed by atoms with Crippen LogP contribution in [-0.4, -0.2) is 224 Å². The van der Waals surface area contributed by atoms with E-state index < -0.39 is 123 Å². The molecule has 9 rings (SSSR count). The number of rotatable bonds is 21. The van der Waals surface area contributed by atoms with E-state index in [1.165, 1.54) is 5.57 Å². The second kappa shape index (κ2) is 26.5. The van der Waals surface area contributed by atoms with Gasteiger partial charge in [0, 0.05) is 44.1 Å². The molecule has 27 atom stereocenters. The molecule has 474 valence electrons. The van der Waals surface area contributed by atoms with Crippen molar-refractivity contribution in [1.29, 1.82) is 0 Å². The maximum absolute atomic E-state index is 11.9. The molecule has 22 nitrogen and oxygen atoms in total. The fourth-order valence-electron chi connectivity index (χ4n) is 16.7. The quantitative estimate of drug-likeness (QED) is 0.0340. The largest absolute Gasteiger partial charge is 0.394 e. The number of hydrogen-bond acceptors (Lipinski definition) is 22. The minimum atomic E-state index is -1.51. The Morgan fingerprint density at radius 3 is 1.96 bits per heavy atom. The highest BCUT2D eigenvalue weighted by atomic mass is 17.2. The van der Waals surface area contributed by atoms with Gasteiger partial charge in [0.05, 0.1) is 86.5 Å². The number of allylic oxidation sites excluding steroid dienone is 1. The highest BCUT2D eigenvalue weighted by Crippen LogP contribution is 2.75. The van der Waals surface area contributed by atoms with Gasteiger partial charge in [-0.05, 0) is 118 Å². The van der Waals surface area contributed by atoms with E-state index in [-0.39, 0.29) is 91.9 Å². The van der Waals surface area contributed by atoms with Crippen LogP contribution in [0, 0.1) is 45.3 Å². The molecular weight excluding hydrogens is 1070 g/mol. The van der Waals surface area contributed by atoms with Crippen LogP contribution in [0.5, 0.6) is 0 Å². The van der Waals surface area contributed by atoms with Crippen molar-refractivity contribution in [1.82, 2.24) is 0 Å². The molecule has 3 saturated carbocycles. The van der Waals surface area contributed by atoms with E-state index in [0.717, 1.165) is 44.9 Å².